The highest BCUT2D eigenvalue weighted by molar-refractivity contribution is 8.00. The van der Waals surface area contributed by atoms with Crippen LogP contribution >= 0.6 is 23.1 Å². The summed E-state index contributed by atoms with van der Waals surface area (Å²) in [5.41, 5.74) is 2.55. The maximum absolute atomic E-state index is 13.0. The summed E-state index contributed by atoms with van der Waals surface area (Å²) < 4.78 is 2.37. The van der Waals surface area contributed by atoms with E-state index in [9.17, 15) is 4.79 Å². The molecule has 0 aliphatic heterocycles. The average Bonchev–Trinajstić information content (AvgIpc) is 3.46. The zero-order valence-electron chi connectivity index (χ0n) is 15.7. The molecule has 2 aromatic carbocycles. The summed E-state index contributed by atoms with van der Waals surface area (Å²) in [6.07, 6.45) is 3.41. The van der Waals surface area contributed by atoms with Gasteiger partial charge >= 0.3 is 0 Å². The second-order valence-corrected chi connectivity index (χ2v) is 8.46. The molecule has 1 unspecified atom stereocenters. The van der Waals surface area contributed by atoms with Gasteiger partial charge in [0.05, 0.1) is 11.6 Å². The predicted molar refractivity (Wildman–Crippen MR) is 116 cm³/mol. The van der Waals surface area contributed by atoms with Gasteiger partial charge in [-0.2, -0.15) is 10.4 Å². The summed E-state index contributed by atoms with van der Waals surface area (Å²) in [6, 6.07) is 20.2. The van der Waals surface area contributed by atoms with Crippen LogP contribution in [-0.2, 0) is 10.5 Å². The highest BCUT2D eigenvalue weighted by Gasteiger charge is 2.24. The normalized spacial score (nSPS) is 11.6. The topological polar surface area (TPSA) is 96.5 Å². The molecule has 0 saturated carbocycles. The minimum atomic E-state index is -0.597. The van der Waals surface area contributed by atoms with Gasteiger partial charge in [-0.25, -0.2) is 0 Å². The average molecular weight is 433 g/mol. The third kappa shape index (κ3) is 4.74. The van der Waals surface area contributed by atoms with E-state index >= 15 is 0 Å². The van der Waals surface area contributed by atoms with Gasteiger partial charge in [0.1, 0.15) is 0 Å². The smallest absolute Gasteiger partial charge is 0.255 e. The first-order valence-electron chi connectivity index (χ1n) is 9.03. The molecule has 30 heavy (non-hydrogen) atoms. The molecular formula is C21H16N6OS2. The highest BCUT2D eigenvalue weighted by atomic mass is 32.2. The Hall–Kier alpha value is -3.48. The molecule has 4 rings (SSSR count). The highest BCUT2D eigenvalue weighted by Crippen LogP contribution is 2.29. The molecule has 1 amide bonds. The van der Waals surface area contributed by atoms with E-state index in [2.05, 4.69) is 26.7 Å². The van der Waals surface area contributed by atoms with Crippen molar-refractivity contribution in [1.29, 1.82) is 5.26 Å². The number of nitrogens with one attached hydrogen (secondary N) is 1. The minimum Gasteiger partial charge on any atom is -0.298 e. The predicted octanol–water partition coefficient (Wildman–Crippen LogP) is 4.13. The number of carbonyl (C=O) groups is 1. The molecule has 1 atom stereocenters. The fourth-order valence-electron chi connectivity index (χ4n) is 2.81. The zero-order valence-corrected chi connectivity index (χ0v) is 17.3. The van der Waals surface area contributed by atoms with Crippen molar-refractivity contribution in [3.8, 4) is 6.07 Å². The molecule has 1 N–H and O–H groups in total. The van der Waals surface area contributed by atoms with Gasteiger partial charge in [0.25, 0.3) is 5.91 Å². The molecule has 4 aromatic rings. The maximum Gasteiger partial charge on any atom is 0.255 e. The van der Waals surface area contributed by atoms with Crippen LogP contribution in [-0.4, -0.2) is 25.9 Å². The lowest BCUT2D eigenvalue weighted by Crippen LogP contribution is -2.27. The van der Waals surface area contributed by atoms with Crippen molar-refractivity contribution >= 4 is 34.1 Å². The van der Waals surface area contributed by atoms with Gasteiger partial charge < -0.3 is 0 Å². The second kappa shape index (κ2) is 9.35. The zero-order chi connectivity index (χ0) is 20.8. The van der Waals surface area contributed by atoms with Gasteiger partial charge in [0, 0.05) is 18.1 Å². The van der Waals surface area contributed by atoms with Gasteiger partial charge in [-0.05, 0) is 29.3 Å². The summed E-state index contributed by atoms with van der Waals surface area (Å²) in [5, 5.41) is 24.7. The number of hydrogen-bond acceptors (Lipinski definition) is 7. The van der Waals surface area contributed by atoms with Crippen molar-refractivity contribution in [3.63, 3.8) is 0 Å². The van der Waals surface area contributed by atoms with Crippen LogP contribution in [0.25, 0.3) is 0 Å². The van der Waals surface area contributed by atoms with Crippen molar-refractivity contribution in [3.05, 3.63) is 89.7 Å². The first kappa shape index (κ1) is 19.8. The van der Waals surface area contributed by atoms with Crippen molar-refractivity contribution in [2.24, 2.45) is 0 Å². The molecular weight excluding hydrogens is 416 g/mol. The number of anilines is 1. The van der Waals surface area contributed by atoms with E-state index < -0.39 is 6.04 Å². The van der Waals surface area contributed by atoms with Crippen LogP contribution in [0.1, 0.15) is 22.7 Å². The molecule has 0 radical (unpaired) electrons. The van der Waals surface area contributed by atoms with Gasteiger partial charge in [0.2, 0.25) is 5.13 Å². The molecule has 0 spiro atoms. The van der Waals surface area contributed by atoms with Gasteiger partial charge in [-0.15, -0.1) is 10.2 Å². The lowest BCUT2D eigenvalue weighted by atomic mass is 10.1. The van der Waals surface area contributed by atoms with Crippen molar-refractivity contribution in [2.75, 3.05) is 5.32 Å². The summed E-state index contributed by atoms with van der Waals surface area (Å²) in [4.78, 5) is 13.0. The molecule has 0 bridgehead atoms. The first-order valence-corrected chi connectivity index (χ1v) is 10.8. The number of carbonyl (C=O) groups excluding carboxylic acids is 1. The Labute approximate surface area is 181 Å². The Morgan fingerprint density at radius 1 is 1.13 bits per heavy atom. The fourth-order valence-corrected chi connectivity index (χ4v) is 4.52. The van der Waals surface area contributed by atoms with Gasteiger partial charge in [-0.1, -0.05) is 65.6 Å². The van der Waals surface area contributed by atoms with Crippen LogP contribution < -0.4 is 5.32 Å². The van der Waals surface area contributed by atoms with E-state index in [-0.39, 0.29) is 5.91 Å². The third-order valence-electron chi connectivity index (χ3n) is 4.24. The number of thioether (sulfide) groups is 1. The quantitative estimate of drug-likeness (QED) is 0.348. The van der Waals surface area contributed by atoms with Crippen LogP contribution in [0.15, 0.2) is 77.4 Å². The van der Waals surface area contributed by atoms with E-state index in [1.54, 1.807) is 35.3 Å². The van der Waals surface area contributed by atoms with Crippen LogP contribution in [0, 0.1) is 11.3 Å². The summed E-state index contributed by atoms with van der Waals surface area (Å²) >= 11 is 2.86. The van der Waals surface area contributed by atoms with Crippen molar-refractivity contribution < 1.29 is 4.79 Å². The number of rotatable bonds is 7. The van der Waals surface area contributed by atoms with Crippen LogP contribution in [0.4, 0.5) is 5.13 Å². The van der Waals surface area contributed by atoms with E-state index in [1.165, 1.54) is 23.1 Å². The Balaban J connectivity index is 1.43. The monoisotopic (exact) mass is 432 g/mol. The molecule has 2 heterocycles. The third-order valence-corrected chi connectivity index (χ3v) is 6.28. The number of nitriles is 1. The standard InChI is InChI=1S/C21H16N6OS2/c22-13-15-7-9-16(10-8-15)14-29-21-26-25-20(30-21)24-19(28)18(27-12-4-11-23-27)17-5-2-1-3-6-17/h1-12,18H,14H2,(H,24,25,28). The molecule has 0 aliphatic rings. The largest absolute Gasteiger partial charge is 0.298 e. The molecule has 7 nitrogen and oxygen atoms in total. The Morgan fingerprint density at radius 2 is 1.93 bits per heavy atom. The Bertz CT molecular complexity index is 1150. The molecule has 0 fully saturated rings. The van der Waals surface area contributed by atoms with E-state index in [4.69, 9.17) is 5.26 Å². The van der Waals surface area contributed by atoms with Crippen LogP contribution in [0.3, 0.4) is 0 Å². The number of amides is 1. The number of aromatic nitrogens is 4. The Morgan fingerprint density at radius 3 is 2.63 bits per heavy atom. The summed E-state index contributed by atoms with van der Waals surface area (Å²) in [6.45, 7) is 0. The van der Waals surface area contributed by atoms with E-state index in [1.807, 2.05) is 42.5 Å². The first-order chi connectivity index (χ1) is 14.7. The minimum absolute atomic E-state index is 0.232. The number of nitrogens with zero attached hydrogens (tertiary/aromatic N) is 5. The summed E-state index contributed by atoms with van der Waals surface area (Å²) in [7, 11) is 0. The summed E-state index contributed by atoms with van der Waals surface area (Å²) in [5.74, 6) is 0.471. The van der Waals surface area contributed by atoms with E-state index in [0.29, 0.717) is 16.4 Å². The number of hydrogen-bond donors (Lipinski definition) is 1. The number of benzene rings is 2. The van der Waals surface area contributed by atoms with Gasteiger partial charge in [-0.3, -0.25) is 14.8 Å². The van der Waals surface area contributed by atoms with E-state index in [0.717, 1.165) is 15.5 Å². The molecule has 2 aromatic heterocycles. The lowest BCUT2D eigenvalue weighted by molar-refractivity contribution is -0.118. The lowest BCUT2D eigenvalue weighted by Gasteiger charge is -2.16. The molecule has 148 valence electrons. The van der Waals surface area contributed by atoms with Crippen LogP contribution in [0.2, 0.25) is 0 Å². The second-order valence-electron chi connectivity index (χ2n) is 6.26. The van der Waals surface area contributed by atoms with Crippen molar-refractivity contribution in [2.45, 2.75) is 16.1 Å². The molecule has 9 heteroatoms. The van der Waals surface area contributed by atoms with Gasteiger partial charge in [0.15, 0.2) is 10.4 Å². The fraction of sp³-hybridized carbons (Fsp3) is 0.0952. The maximum atomic E-state index is 13.0. The SMILES string of the molecule is N#Cc1ccc(CSc2nnc(NC(=O)C(c3ccccc3)n3cccn3)s2)cc1. The Kier molecular flexibility index (Phi) is 6.17. The van der Waals surface area contributed by atoms with Crippen LogP contribution in [0.5, 0.6) is 0 Å². The van der Waals surface area contributed by atoms with Crippen molar-refractivity contribution in [1.82, 2.24) is 20.0 Å². The molecule has 0 saturated heterocycles. The molecule has 0 aliphatic carbocycles.